The van der Waals surface area contributed by atoms with E-state index >= 15 is 0 Å². The third kappa shape index (κ3) is 9.75. The molecular formula is C25H39IN4O2. The third-order valence-corrected chi connectivity index (χ3v) is 5.22. The van der Waals surface area contributed by atoms with Gasteiger partial charge in [-0.2, -0.15) is 0 Å². The van der Waals surface area contributed by atoms with E-state index in [2.05, 4.69) is 83.8 Å². The van der Waals surface area contributed by atoms with Gasteiger partial charge in [-0.15, -0.1) is 24.0 Å². The number of guanidine groups is 1. The van der Waals surface area contributed by atoms with Crippen LogP contribution < -0.4 is 15.4 Å². The molecule has 0 spiro atoms. The Morgan fingerprint density at radius 1 is 0.938 bits per heavy atom. The van der Waals surface area contributed by atoms with E-state index in [9.17, 15) is 0 Å². The maximum absolute atomic E-state index is 5.88. The number of aryl methyl sites for hydroxylation is 1. The zero-order chi connectivity index (χ0) is 22.5. The number of ether oxygens (including phenoxy) is 2. The number of hydrogen-bond acceptors (Lipinski definition) is 4. The fourth-order valence-corrected chi connectivity index (χ4v) is 3.23. The molecule has 7 heteroatoms. The van der Waals surface area contributed by atoms with Gasteiger partial charge < -0.3 is 20.1 Å². The van der Waals surface area contributed by atoms with Gasteiger partial charge in [0.05, 0.1) is 6.61 Å². The van der Waals surface area contributed by atoms with Crippen molar-refractivity contribution < 1.29 is 9.47 Å². The van der Waals surface area contributed by atoms with Crippen molar-refractivity contribution in [3.63, 3.8) is 0 Å². The molecule has 0 saturated carbocycles. The van der Waals surface area contributed by atoms with Gasteiger partial charge in [0, 0.05) is 39.4 Å². The normalized spacial score (nSPS) is 11.2. The molecule has 0 saturated heterocycles. The van der Waals surface area contributed by atoms with Crippen molar-refractivity contribution in [3.8, 4) is 5.75 Å². The molecule has 2 N–H and O–H groups in total. The summed E-state index contributed by atoms with van der Waals surface area (Å²) in [7, 11) is 3.46. The van der Waals surface area contributed by atoms with Crippen LogP contribution in [0.2, 0.25) is 0 Å². The van der Waals surface area contributed by atoms with Crippen LogP contribution in [-0.4, -0.2) is 51.3 Å². The van der Waals surface area contributed by atoms with E-state index < -0.39 is 0 Å². The van der Waals surface area contributed by atoms with Crippen LogP contribution >= 0.6 is 24.0 Å². The van der Waals surface area contributed by atoms with Crippen LogP contribution in [0.3, 0.4) is 0 Å². The molecule has 6 nitrogen and oxygen atoms in total. The Bertz CT molecular complexity index is 808. The SMILES string of the molecule is CCN(CC)Cc1ccc(CNC(=NC)NCc2ccc(C)cc2OCCOC)cc1.I. The summed E-state index contributed by atoms with van der Waals surface area (Å²) in [5, 5.41) is 6.77. The van der Waals surface area contributed by atoms with Crippen LogP contribution in [0.15, 0.2) is 47.5 Å². The number of methoxy groups -OCH3 is 1. The summed E-state index contributed by atoms with van der Waals surface area (Å²) in [4.78, 5) is 6.76. The lowest BCUT2D eigenvalue weighted by molar-refractivity contribution is 0.145. The minimum atomic E-state index is 0. The topological polar surface area (TPSA) is 58.1 Å². The quantitative estimate of drug-likeness (QED) is 0.177. The predicted molar refractivity (Wildman–Crippen MR) is 144 cm³/mol. The van der Waals surface area contributed by atoms with Crippen molar-refractivity contribution in [1.82, 2.24) is 15.5 Å². The molecule has 0 aliphatic heterocycles. The van der Waals surface area contributed by atoms with Gasteiger partial charge in [0.2, 0.25) is 0 Å². The highest BCUT2D eigenvalue weighted by Gasteiger charge is 2.07. The van der Waals surface area contributed by atoms with Crippen LogP contribution in [0.4, 0.5) is 0 Å². The Morgan fingerprint density at radius 2 is 1.59 bits per heavy atom. The van der Waals surface area contributed by atoms with Crippen molar-refractivity contribution in [3.05, 3.63) is 64.7 Å². The number of nitrogens with zero attached hydrogens (tertiary/aromatic N) is 2. The first-order chi connectivity index (χ1) is 15.1. The number of nitrogens with one attached hydrogen (secondary N) is 2. The highest BCUT2D eigenvalue weighted by atomic mass is 127. The number of benzene rings is 2. The molecule has 0 aliphatic rings. The second-order valence-electron chi connectivity index (χ2n) is 7.51. The molecule has 0 atom stereocenters. The van der Waals surface area contributed by atoms with Gasteiger partial charge in [-0.05, 0) is 42.8 Å². The van der Waals surface area contributed by atoms with Crippen LogP contribution in [0.5, 0.6) is 5.75 Å². The molecule has 0 unspecified atom stereocenters. The molecule has 0 fully saturated rings. The first kappa shape index (κ1) is 28.2. The zero-order valence-electron chi connectivity index (χ0n) is 20.1. The van der Waals surface area contributed by atoms with E-state index in [0.29, 0.717) is 19.8 Å². The Hall–Kier alpha value is -1.84. The summed E-state index contributed by atoms with van der Waals surface area (Å²) >= 11 is 0. The maximum atomic E-state index is 5.88. The smallest absolute Gasteiger partial charge is 0.191 e. The molecule has 2 aromatic rings. The molecule has 0 aromatic heterocycles. The molecule has 0 amide bonds. The van der Waals surface area contributed by atoms with Crippen LogP contribution in [0.25, 0.3) is 0 Å². The highest BCUT2D eigenvalue weighted by molar-refractivity contribution is 14.0. The van der Waals surface area contributed by atoms with Gasteiger partial charge in [0.1, 0.15) is 12.4 Å². The monoisotopic (exact) mass is 554 g/mol. The average molecular weight is 555 g/mol. The van der Waals surface area contributed by atoms with Gasteiger partial charge in [-0.1, -0.05) is 50.2 Å². The van der Waals surface area contributed by atoms with Crippen molar-refractivity contribution >= 4 is 29.9 Å². The van der Waals surface area contributed by atoms with Crippen molar-refractivity contribution in [2.75, 3.05) is 40.5 Å². The van der Waals surface area contributed by atoms with Gasteiger partial charge in [0.15, 0.2) is 5.96 Å². The molecule has 2 aromatic carbocycles. The Morgan fingerprint density at radius 3 is 2.22 bits per heavy atom. The molecule has 32 heavy (non-hydrogen) atoms. The van der Waals surface area contributed by atoms with E-state index in [0.717, 1.165) is 43.5 Å². The number of hydrogen-bond donors (Lipinski definition) is 2. The molecule has 178 valence electrons. The summed E-state index contributed by atoms with van der Waals surface area (Å²) < 4.78 is 11.0. The molecular weight excluding hydrogens is 515 g/mol. The highest BCUT2D eigenvalue weighted by Crippen LogP contribution is 2.20. The standard InChI is InChI=1S/C25H38N4O2.HI/c1-6-29(7-2)19-22-11-9-21(10-12-22)17-27-25(26-4)28-18-23-13-8-20(3)16-24(23)31-15-14-30-5;/h8-13,16H,6-7,14-15,17-19H2,1-5H3,(H2,26,27,28);1H. The lowest BCUT2D eigenvalue weighted by Gasteiger charge is -2.18. The summed E-state index contributed by atoms with van der Waals surface area (Å²) in [6.07, 6.45) is 0. The molecule has 2 rings (SSSR count). The van der Waals surface area contributed by atoms with E-state index in [1.165, 1.54) is 16.7 Å². The summed E-state index contributed by atoms with van der Waals surface area (Å²) in [6.45, 7) is 12.0. The zero-order valence-corrected chi connectivity index (χ0v) is 22.4. The summed E-state index contributed by atoms with van der Waals surface area (Å²) in [5.41, 5.74) is 4.83. The number of halogens is 1. The van der Waals surface area contributed by atoms with Crippen molar-refractivity contribution in [2.45, 2.75) is 40.4 Å². The van der Waals surface area contributed by atoms with Crippen LogP contribution in [0.1, 0.15) is 36.1 Å². The largest absolute Gasteiger partial charge is 0.491 e. The number of aliphatic imine (C=N–C) groups is 1. The van der Waals surface area contributed by atoms with Gasteiger partial charge in [-0.3, -0.25) is 9.89 Å². The predicted octanol–water partition coefficient (Wildman–Crippen LogP) is 4.35. The Kier molecular flexibility index (Phi) is 14.0. The second kappa shape index (κ2) is 15.9. The van der Waals surface area contributed by atoms with Crippen molar-refractivity contribution in [2.24, 2.45) is 4.99 Å². The van der Waals surface area contributed by atoms with Gasteiger partial charge >= 0.3 is 0 Å². The fraction of sp³-hybridized carbons (Fsp3) is 0.480. The van der Waals surface area contributed by atoms with E-state index in [1.54, 1.807) is 14.2 Å². The summed E-state index contributed by atoms with van der Waals surface area (Å²) in [6, 6.07) is 15.0. The molecule has 0 bridgehead atoms. The van der Waals surface area contributed by atoms with Gasteiger partial charge in [0.25, 0.3) is 0 Å². The lowest BCUT2D eigenvalue weighted by atomic mass is 10.1. The first-order valence-electron chi connectivity index (χ1n) is 11.1. The van der Waals surface area contributed by atoms with Crippen molar-refractivity contribution in [1.29, 1.82) is 0 Å². The lowest BCUT2D eigenvalue weighted by Crippen LogP contribution is -2.36. The molecule has 0 radical (unpaired) electrons. The second-order valence-corrected chi connectivity index (χ2v) is 7.51. The van der Waals surface area contributed by atoms with Gasteiger partial charge in [-0.25, -0.2) is 0 Å². The number of rotatable bonds is 12. The Labute approximate surface area is 210 Å². The van der Waals surface area contributed by atoms with Crippen LogP contribution in [-0.2, 0) is 24.4 Å². The van der Waals surface area contributed by atoms with E-state index in [1.807, 2.05) is 0 Å². The Balaban J connectivity index is 0.00000512. The minimum Gasteiger partial charge on any atom is -0.491 e. The third-order valence-electron chi connectivity index (χ3n) is 5.22. The minimum absolute atomic E-state index is 0. The average Bonchev–Trinajstić information content (AvgIpc) is 2.79. The fourth-order valence-electron chi connectivity index (χ4n) is 3.23. The summed E-state index contributed by atoms with van der Waals surface area (Å²) in [5.74, 6) is 1.64. The first-order valence-corrected chi connectivity index (χ1v) is 11.1. The van der Waals surface area contributed by atoms with E-state index in [4.69, 9.17) is 9.47 Å². The maximum Gasteiger partial charge on any atom is 0.191 e. The van der Waals surface area contributed by atoms with Crippen LogP contribution in [0, 0.1) is 6.92 Å². The van der Waals surface area contributed by atoms with E-state index in [-0.39, 0.29) is 24.0 Å². The molecule has 0 aliphatic carbocycles. The molecule has 0 heterocycles.